The van der Waals surface area contributed by atoms with E-state index >= 15 is 0 Å². The van der Waals surface area contributed by atoms with Crippen LogP contribution < -0.4 is 0 Å². The highest BCUT2D eigenvalue weighted by atomic mass is 32.1. The third kappa shape index (κ3) is 2.79. The van der Waals surface area contributed by atoms with E-state index in [1.807, 2.05) is 31.3 Å². The molecule has 0 saturated carbocycles. The van der Waals surface area contributed by atoms with Gasteiger partial charge in [-0.1, -0.05) is 6.92 Å². The predicted molar refractivity (Wildman–Crippen MR) is 70.2 cm³/mol. The standard InChI is InChI=1S/C13H19NOS/c1-5-13(2,3)14(4)12(15)10-6-8-11(16)9-7-10/h6-9,16H,5H2,1-4H3. The first-order valence-corrected chi connectivity index (χ1v) is 5.90. The second-order valence-electron chi connectivity index (χ2n) is 4.58. The molecule has 1 amide bonds. The van der Waals surface area contributed by atoms with Gasteiger partial charge in [0.05, 0.1) is 0 Å². The maximum atomic E-state index is 12.2. The van der Waals surface area contributed by atoms with Gasteiger partial charge in [0.2, 0.25) is 0 Å². The lowest BCUT2D eigenvalue weighted by Crippen LogP contribution is -2.44. The van der Waals surface area contributed by atoms with Gasteiger partial charge in [0.15, 0.2) is 0 Å². The first-order valence-electron chi connectivity index (χ1n) is 5.45. The zero-order valence-corrected chi connectivity index (χ0v) is 11.2. The number of hydrogen-bond acceptors (Lipinski definition) is 2. The lowest BCUT2D eigenvalue weighted by molar-refractivity contribution is 0.0620. The average Bonchev–Trinajstić information content (AvgIpc) is 2.28. The molecule has 1 aromatic carbocycles. The topological polar surface area (TPSA) is 20.3 Å². The molecule has 0 spiro atoms. The normalized spacial score (nSPS) is 11.3. The fourth-order valence-corrected chi connectivity index (χ4v) is 1.46. The van der Waals surface area contributed by atoms with Gasteiger partial charge in [0, 0.05) is 23.0 Å². The molecule has 0 atom stereocenters. The van der Waals surface area contributed by atoms with Crippen LogP contribution in [0.5, 0.6) is 0 Å². The Morgan fingerprint density at radius 3 is 2.25 bits per heavy atom. The van der Waals surface area contributed by atoms with Crippen molar-refractivity contribution in [3.8, 4) is 0 Å². The molecule has 1 rings (SSSR count). The van der Waals surface area contributed by atoms with Gasteiger partial charge in [-0.25, -0.2) is 0 Å². The zero-order chi connectivity index (χ0) is 12.3. The Labute approximate surface area is 103 Å². The number of hydrogen-bond donors (Lipinski definition) is 1. The van der Waals surface area contributed by atoms with Gasteiger partial charge in [0.25, 0.3) is 5.91 Å². The molecule has 1 aromatic rings. The molecule has 0 fully saturated rings. The minimum Gasteiger partial charge on any atom is -0.337 e. The van der Waals surface area contributed by atoms with Gasteiger partial charge < -0.3 is 4.90 Å². The van der Waals surface area contributed by atoms with Crippen LogP contribution in [0.25, 0.3) is 0 Å². The zero-order valence-electron chi connectivity index (χ0n) is 10.3. The van der Waals surface area contributed by atoms with E-state index < -0.39 is 0 Å². The summed E-state index contributed by atoms with van der Waals surface area (Å²) in [6, 6.07) is 7.30. The van der Waals surface area contributed by atoms with Crippen LogP contribution in [-0.2, 0) is 0 Å². The highest BCUT2D eigenvalue weighted by Crippen LogP contribution is 2.19. The molecule has 0 N–H and O–H groups in total. The van der Waals surface area contributed by atoms with E-state index in [2.05, 4.69) is 33.4 Å². The number of thiol groups is 1. The Hall–Kier alpha value is -0.960. The Morgan fingerprint density at radius 2 is 1.81 bits per heavy atom. The van der Waals surface area contributed by atoms with Crippen LogP contribution in [0.3, 0.4) is 0 Å². The van der Waals surface area contributed by atoms with Crippen molar-refractivity contribution in [1.29, 1.82) is 0 Å². The summed E-state index contributed by atoms with van der Waals surface area (Å²) in [6.45, 7) is 6.22. The van der Waals surface area contributed by atoms with E-state index in [1.165, 1.54) is 0 Å². The minimum absolute atomic E-state index is 0.0557. The van der Waals surface area contributed by atoms with Crippen molar-refractivity contribution in [2.75, 3.05) is 7.05 Å². The van der Waals surface area contributed by atoms with Crippen LogP contribution in [0.4, 0.5) is 0 Å². The van der Waals surface area contributed by atoms with Crippen molar-refractivity contribution >= 4 is 18.5 Å². The van der Waals surface area contributed by atoms with E-state index in [9.17, 15) is 4.79 Å². The van der Waals surface area contributed by atoms with Crippen LogP contribution in [0.2, 0.25) is 0 Å². The molecule has 3 heteroatoms. The van der Waals surface area contributed by atoms with Crippen molar-refractivity contribution in [2.24, 2.45) is 0 Å². The third-order valence-electron chi connectivity index (χ3n) is 3.19. The lowest BCUT2D eigenvalue weighted by Gasteiger charge is -2.34. The van der Waals surface area contributed by atoms with Crippen molar-refractivity contribution in [3.63, 3.8) is 0 Å². The summed E-state index contributed by atoms with van der Waals surface area (Å²) >= 11 is 4.20. The van der Waals surface area contributed by atoms with Gasteiger partial charge in [0.1, 0.15) is 0 Å². The Kier molecular flexibility index (Phi) is 4.03. The molecule has 0 aliphatic carbocycles. The first kappa shape index (κ1) is 13.1. The highest BCUT2D eigenvalue weighted by Gasteiger charge is 2.26. The summed E-state index contributed by atoms with van der Waals surface area (Å²) < 4.78 is 0. The van der Waals surface area contributed by atoms with Gasteiger partial charge in [-0.3, -0.25) is 4.79 Å². The second kappa shape index (κ2) is 4.91. The monoisotopic (exact) mass is 237 g/mol. The molecule has 0 aromatic heterocycles. The van der Waals surface area contributed by atoms with Gasteiger partial charge in [-0.15, -0.1) is 12.6 Å². The summed E-state index contributed by atoms with van der Waals surface area (Å²) in [5.41, 5.74) is 0.596. The lowest BCUT2D eigenvalue weighted by atomic mass is 9.99. The van der Waals surface area contributed by atoms with Crippen LogP contribution in [0.1, 0.15) is 37.6 Å². The second-order valence-corrected chi connectivity index (χ2v) is 5.09. The number of rotatable bonds is 3. The van der Waals surface area contributed by atoms with Gasteiger partial charge in [-0.2, -0.15) is 0 Å². The number of carbonyl (C=O) groups is 1. The SMILES string of the molecule is CCC(C)(C)N(C)C(=O)c1ccc(S)cc1. The first-order chi connectivity index (χ1) is 7.38. The molecule has 0 heterocycles. The fourth-order valence-electron chi connectivity index (χ4n) is 1.31. The van der Waals surface area contributed by atoms with Crippen molar-refractivity contribution in [2.45, 2.75) is 37.6 Å². The van der Waals surface area contributed by atoms with E-state index in [1.54, 1.807) is 4.90 Å². The van der Waals surface area contributed by atoms with Crippen LogP contribution in [0, 0.1) is 0 Å². The summed E-state index contributed by atoms with van der Waals surface area (Å²) in [5, 5.41) is 0. The molecule has 0 radical (unpaired) electrons. The Morgan fingerprint density at radius 1 is 1.31 bits per heavy atom. The smallest absolute Gasteiger partial charge is 0.254 e. The summed E-state index contributed by atoms with van der Waals surface area (Å²) in [6.07, 6.45) is 0.930. The van der Waals surface area contributed by atoms with Crippen LogP contribution >= 0.6 is 12.6 Å². The molecular formula is C13H19NOS. The third-order valence-corrected chi connectivity index (χ3v) is 3.49. The van der Waals surface area contributed by atoms with E-state index in [0.717, 1.165) is 11.3 Å². The number of carbonyl (C=O) groups excluding carboxylic acids is 1. The molecule has 16 heavy (non-hydrogen) atoms. The molecule has 0 bridgehead atoms. The number of benzene rings is 1. The molecule has 88 valence electrons. The summed E-state index contributed by atoms with van der Waals surface area (Å²) in [4.78, 5) is 14.8. The Bertz CT molecular complexity index is 370. The van der Waals surface area contributed by atoms with Crippen molar-refractivity contribution < 1.29 is 4.79 Å². The number of amides is 1. The van der Waals surface area contributed by atoms with Gasteiger partial charge in [-0.05, 0) is 44.5 Å². The van der Waals surface area contributed by atoms with Crippen LogP contribution in [-0.4, -0.2) is 23.4 Å². The summed E-state index contributed by atoms with van der Waals surface area (Å²) in [5.74, 6) is 0.0557. The molecule has 2 nitrogen and oxygen atoms in total. The largest absolute Gasteiger partial charge is 0.337 e. The fraction of sp³-hybridized carbons (Fsp3) is 0.462. The maximum absolute atomic E-state index is 12.2. The molecular weight excluding hydrogens is 218 g/mol. The van der Waals surface area contributed by atoms with E-state index in [-0.39, 0.29) is 11.4 Å². The number of nitrogens with zero attached hydrogens (tertiary/aromatic N) is 1. The van der Waals surface area contributed by atoms with Crippen molar-refractivity contribution in [1.82, 2.24) is 4.90 Å². The van der Waals surface area contributed by atoms with Crippen LogP contribution in [0.15, 0.2) is 29.2 Å². The quantitative estimate of drug-likeness (QED) is 0.800. The Balaban J connectivity index is 2.90. The van der Waals surface area contributed by atoms with Gasteiger partial charge >= 0.3 is 0 Å². The minimum atomic E-state index is -0.114. The maximum Gasteiger partial charge on any atom is 0.254 e. The molecule has 0 aliphatic rings. The highest BCUT2D eigenvalue weighted by molar-refractivity contribution is 7.80. The molecule has 0 saturated heterocycles. The van der Waals surface area contributed by atoms with E-state index in [0.29, 0.717) is 5.56 Å². The molecule has 0 unspecified atom stereocenters. The van der Waals surface area contributed by atoms with Crippen molar-refractivity contribution in [3.05, 3.63) is 29.8 Å². The van der Waals surface area contributed by atoms with E-state index in [4.69, 9.17) is 0 Å². The predicted octanol–water partition coefficient (Wildman–Crippen LogP) is 3.24. The molecule has 0 aliphatic heterocycles. The average molecular weight is 237 g/mol. The summed E-state index contributed by atoms with van der Waals surface area (Å²) in [7, 11) is 1.85.